The van der Waals surface area contributed by atoms with Crippen molar-refractivity contribution in [2.24, 2.45) is 0 Å². The second kappa shape index (κ2) is 6.18. The minimum absolute atomic E-state index is 0.0647. The Morgan fingerprint density at radius 2 is 1.90 bits per heavy atom. The lowest BCUT2D eigenvalue weighted by atomic mass is 10.0. The Morgan fingerprint density at radius 3 is 2.55 bits per heavy atom. The number of halogens is 2. The zero-order chi connectivity index (χ0) is 14.7. The Kier molecular flexibility index (Phi) is 4.55. The number of carbonyl (C=O) groups excluding carboxylic acids is 1. The monoisotopic (exact) mass is 336 g/mol. The van der Waals surface area contributed by atoms with Crippen LogP contribution in [0.25, 0.3) is 0 Å². The van der Waals surface area contributed by atoms with Crippen molar-refractivity contribution < 1.29 is 13.9 Å². The van der Waals surface area contributed by atoms with Gasteiger partial charge in [-0.3, -0.25) is 0 Å². The van der Waals surface area contributed by atoms with Crippen LogP contribution in [0.1, 0.15) is 35.7 Å². The molecule has 0 aliphatic heterocycles. The van der Waals surface area contributed by atoms with Crippen LogP contribution in [0.5, 0.6) is 5.75 Å². The molecule has 2 aromatic rings. The Morgan fingerprint density at radius 1 is 1.20 bits per heavy atom. The van der Waals surface area contributed by atoms with Crippen molar-refractivity contribution in [2.75, 3.05) is 0 Å². The molecule has 0 fully saturated rings. The molecule has 0 saturated carbocycles. The molecule has 0 unspecified atom stereocenters. The van der Waals surface area contributed by atoms with Crippen LogP contribution in [-0.2, 0) is 0 Å². The zero-order valence-electron chi connectivity index (χ0n) is 11.2. The Labute approximate surface area is 125 Å². The third-order valence-corrected chi connectivity index (χ3v) is 3.38. The number of ether oxygens (including phenoxy) is 1. The predicted molar refractivity (Wildman–Crippen MR) is 79.6 cm³/mol. The lowest BCUT2D eigenvalue weighted by molar-refractivity contribution is 0.0728. The third kappa shape index (κ3) is 3.25. The maximum atomic E-state index is 13.6. The summed E-state index contributed by atoms with van der Waals surface area (Å²) in [4.78, 5) is 12.0. The molecule has 0 radical (unpaired) electrons. The highest BCUT2D eigenvalue weighted by Crippen LogP contribution is 2.30. The summed E-state index contributed by atoms with van der Waals surface area (Å²) in [5.41, 5.74) is 0.828. The molecule has 4 heteroatoms. The zero-order valence-corrected chi connectivity index (χ0v) is 12.8. The molecule has 0 aromatic heterocycles. The van der Waals surface area contributed by atoms with E-state index in [1.807, 2.05) is 19.9 Å². The summed E-state index contributed by atoms with van der Waals surface area (Å²) >= 11 is 3.39. The van der Waals surface area contributed by atoms with Crippen LogP contribution in [0.15, 0.2) is 46.9 Å². The highest BCUT2D eigenvalue weighted by atomic mass is 79.9. The maximum Gasteiger partial charge on any atom is 0.346 e. The van der Waals surface area contributed by atoms with Crippen molar-refractivity contribution in [3.05, 3.63) is 63.9 Å². The Balaban J connectivity index is 2.31. The van der Waals surface area contributed by atoms with Crippen molar-refractivity contribution in [2.45, 2.75) is 19.8 Å². The fourth-order valence-electron chi connectivity index (χ4n) is 1.85. The molecular weight excluding hydrogens is 323 g/mol. The number of rotatable bonds is 3. The minimum atomic E-state index is -0.688. The van der Waals surface area contributed by atoms with Gasteiger partial charge in [-0.1, -0.05) is 41.9 Å². The average Bonchev–Trinajstić information content (AvgIpc) is 2.41. The fraction of sp³-hybridized carbons (Fsp3) is 0.188. The molecule has 0 heterocycles. The van der Waals surface area contributed by atoms with Crippen LogP contribution in [0.3, 0.4) is 0 Å². The van der Waals surface area contributed by atoms with Gasteiger partial charge in [-0.15, -0.1) is 0 Å². The van der Waals surface area contributed by atoms with E-state index in [1.54, 1.807) is 18.2 Å². The summed E-state index contributed by atoms with van der Waals surface area (Å²) in [6.07, 6.45) is 0. The normalized spacial score (nSPS) is 10.7. The predicted octanol–water partition coefficient (Wildman–Crippen LogP) is 4.93. The quantitative estimate of drug-likeness (QED) is 0.586. The minimum Gasteiger partial charge on any atom is -0.423 e. The van der Waals surface area contributed by atoms with E-state index in [-0.39, 0.29) is 11.5 Å². The molecule has 104 valence electrons. The molecule has 0 N–H and O–H groups in total. The van der Waals surface area contributed by atoms with Crippen LogP contribution in [-0.4, -0.2) is 5.97 Å². The second-order valence-electron chi connectivity index (χ2n) is 4.71. The first-order chi connectivity index (χ1) is 9.49. The molecule has 0 spiro atoms. The van der Waals surface area contributed by atoms with E-state index in [0.717, 1.165) is 10.0 Å². The van der Waals surface area contributed by atoms with Crippen molar-refractivity contribution in [3.8, 4) is 5.75 Å². The lowest BCUT2D eigenvalue weighted by Crippen LogP contribution is -2.12. The first-order valence-corrected chi connectivity index (χ1v) is 7.04. The Bertz CT molecular complexity index is 638. The van der Waals surface area contributed by atoms with Gasteiger partial charge >= 0.3 is 5.97 Å². The van der Waals surface area contributed by atoms with Gasteiger partial charge in [-0.2, -0.15) is 0 Å². The number of benzene rings is 2. The van der Waals surface area contributed by atoms with Gasteiger partial charge in [0.1, 0.15) is 11.6 Å². The highest BCUT2D eigenvalue weighted by Gasteiger charge is 2.16. The lowest BCUT2D eigenvalue weighted by Gasteiger charge is -2.13. The van der Waals surface area contributed by atoms with Crippen molar-refractivity contribution in [1.29, 1.82) is 0 Å². The smallest absolute Gasteiger partial charge is 0.346 e. The fourth-order valence-corrected chi connectivity index (χ4v) is 2.22. The van der Waals surface area contributed by atoms with E-state index in [9.17, 15) is 9.18 Å². The van der Waals surface area contributed by atoms with Gasteiger partial charge in [0, 0.05) is 4.47 Å². The summed E-state index contributed by atoms with van der Waals surface area (Å²) in [5.74, 6) is -0.625. The van der Waals surface area contributed by atoms with Gasteiger partial charge in [0.05, 0.1) is 5.56 Å². The molecule has 0 saturated heterocycles. The molecule has 2 rings (SSSR count). The van der Waals surface area contributed by atoms with Crippen LogP contribution < -0.4 is 4.74 Å². The second-order valence-corrected chi connectivity index (χ2v) is 5.62. The standard InChI is InChI=1S/C16H14BrFO2/c1-10(2)13-9-11(17)7-8-15(13)20-16(19)12-5-3-4-6-14(12)18/h3-10H,1-2H3. The summed E-state index contributed by atoms with van der Waals surface area (Å²) in [6, 6.07) is 11.2. The van der Waals surface area contributed by atoms with Gasteiger partial charge in [-0.25, -0.2) is 9.18 Å². The van der Waals surface area contributed by atoms with Crippen LogP contribution in [0, 0.1) is 5.82 Å². The summed E-state index contributed by atoms with van der Waals surface area (Å²) < 4.78 is 19.8. The topological polar surface area (TPSA) is 26.3 Å². The van der Waals surface area contributed by atoms with E-state index in [4.69, 9.17) is 4.74 Å². The molecular formula is C16H14BrFO2. The van der Waals surface area contributed by atoms with Crippen molar-refractivity contribution in [1.82, 2.24) is 0 Å². The number of carbonyl (C=O) groups is 1. The van der Waals surface area contributed by atoms with Gasteiger partial charge in [-0.05, 0) is 41.8 Å². The average molecular weight is 337 g/mol. The van der Waals surface area contributed by atoms with E-state index in [1.165, 1.54) is 18.2 Å². The molecule has 20 heavy (non-hydrogen) atoms. The summed E-state index contributed by atoms with van der Waals surface area (Å²) in [5, 5.41) is 0. The van der Waals surface area contributed by atoms with Gasteiger partial charge in [0.2, 0.25) is 0 Å². The Hall–Kier alpha value is -1.68. The summed E-state index contributed by atoms with van der Waals surface area (Å²) in [6.45, 7) is 4.00. The molecule has 0 amide bonds. The largest absolute Gasteiger partial charge is 0.423 e. The molecule has 0 aliphatic rings. The van der Waals surface area contributed by atoms with Crippen LogP contribution in [0.2, 0.25) is 0 Å². The molecule has 0 bridgehead atoms. The van der Waals surface area contributed by atoms with Crippen LogP contribution in [0.4, 0.5) is 4.39 Å². The summed E-state index contributed by atoms with van der Waals surface area (Å²) in [7, 11) is 0. The van der Waals surface area contributed by atoms with E-state index in [0.29, 0.717) is 5.75 Å². The molecule has 0 atom stereocenters. The van der Waals surface area contributed by atoms with Gasteiger partial charge in [0.15, 0.2) is 0 Å². The van der Waals surface area contributed by atoms with Gasteiger partial charge < -0.3 is 4.74 Å². The third-order valence-electron chi connectivity index (χ3n) is 2.89. The SMILES string of the molecule is CC(C)c1cc(Br)ccc1OC(=O)c1ccccc1F. The first-order valence-electron chi connectivity index (χ1n) is 6.25. The van der Waals surface area contributed by atoms with Gasteiger partial charge in [0.25, 0.3) is 0 Å². The molecule has 2 aromatic carbocycles. The van der Waals surface area contributed by atoms with E-state index in [2.05, 4.69) is 15.9 Å². The number of hydrogen-bond acceptors (Lipinski definition) is 2. The molecule has 0 aliphatic carbocycles. The van der Waals surface area contributed by atoms with Crippen molar-refractivity contribution >= 4 is 21.9 Å². The van der Waals surface area contributed by atoms with Crippen molar-refractivity contribution in [3.63, 3.8) is 0 Å². The highest BCUT2D eigenvalue weighted by molar-refractivity contribution is 9.10. The van der Waals surface area contributed by atoms with Crippen LogP contribution >= 0.6 is 15.9 Å². The van der Waals surface area contributed by atoms with E-state index < -0.39 is 11.8 Å². The number of hydrogen-bond donors (Lipinski definition) is 0. The molecule has 2 nitrogen and oxygen atoms in total. The maximum absolute atomic E-state index is 13.6. The number of esters is 1. The first kappa shape index (κ1) is 14.7. The van der Waals surface area contributed by atoms with E-state index >= 15 is 0 Å².